The highest BCUT2D eigenvalue weighted by molar-refractivity contribution is 6.39. The molecule has 2 N–H and O–H groups in total. The number of imidazole rings is 1. The zero-order valence-electron chi connectivity index (χ0n) is 16.3. The number of nitrogens with one attached hydrogen (secondary N) is 2. The average Bonchev–Trinajstić information content (AvgIpc) is 3.22. The molecule has 0 unspecified atom stereocenters. The Balaban J connectivity index is 1.47. The predicted molar refractivity (Wildman–Crippen MR) is 112 cm³/mol. The van der Waals surface area contributed by atoms with Crippen molar-refractivity contribution in [1.29, 1.82) is 0 Å². The third-order valence-electron chi connectivity index (χ3n) is 4.25. The molecule has 2 amide bonds. The van der Waals surface area contributed by atoms with Crippen LogP contribution in [0.1, 0.15) is 13.3 Å². The van der Waals surface area contributed by atoms with Gasteiger partial charge in [-0.3, -0.25) is 9.59 Å². The number of hydrogen-bond donors (Lipinski definition) is 2. The van der Waals surface area contributed by atoms with Crippen LogP contribution in [-0.2, 0) is 16.1 Å². The molecule has 150 valence electrons. The van der Waals surface area contributed by atoms with Crippen molar-refractivity contribution in [3.05, 3.63) is 67.0 Å². The number of amides is 2. The fourth-order valence-corrected chi connectivity index (χ4v) is 2.90. The van der Waals surface area contributed by atoms with Crippen molar-refractivity contribution < 1.29 is 14.3 Å². The fraction of sp³-hybridized carbons (Fsp3) is 0.227. The Hall–Kier alpha value is -3.61. The van der Waals surface area contributed by atoms with E-state index in [4.69, 9.17) is 4.74 Å². The highest BCUT2D eigenvalue weighted by Crippen LogP contribution is 2.23. The van der Waals surface area contributed by atoms with Gasteiger partial charge in [0.1, 0.15) is 11.6 Å². The number of para-hydroxylation sites is 2. The van der Waals surface area contributed by atoms with Crippen molar-refractivity contribution in [1.82, 2.24) is 14.9 Å². The normalized spacial score (nSPS) is 10.4. The zero-order chi connectivity index (χ0) is 20.5. The fourth-order valence-electron chi connectivity index (χ4n) is 2.90. The standard InChI is InChI=1S/C22H24N4O3/c1-2-29-19-12-7-6-11-18(19)25-22(28)21(27)24-13-8-15-26-16-14-23-20(26)17-9-4-3-5-10-17/h3-7,9-12,14,16H,2,8,13,15H2,1H3,(H,24,27)(H,25,28). The average molecular weight is 392 g/mol. The van der Waals surface area contributed by atoms with Crippen molar-refractivity contribution in [3.8, 4) is 17.1 Å². The predicted octanol–water partition coefficient (Wildman–Crippen LogP) is 3.09. The Morgan fingerprint density at radius 3 is 2.59 bits per heavy atom. The summed E-state index contributed by atoms with van der Waals surface area (Å²) < 4.78 is 7.48. The Bertz CT molecular complexity index is 953. The molecule has 0 radical (unpaired) electrons. The van der Waals surface area contributed by atoms with Gasteiger partial charge < -0.3 is 19.9 Å². The van der Waals surface area contributed by atoms with Gasteiger partial charge in [0.2, 0.25) is 0 Å². The molecule has 0 aliphatic rings. The molecule has 0 saturated carbocycles. The third-order valence-corrected chi connectivity index (χ3v) is 4.25. The summed E-state index contributed by atoms with van der Waals surface area (Å²) in [5, 5.41) is 5.24. The maximum Gasteiger partial charge on any atom is 0.313 e. The van der Waals surface area contributed by atoms with Gasteiger partial charge in [-0.05, 0) is 25.5 Å². The Kier molecular flexibility index (Phi) is 7.00. The summed E-state index contributed by atoms with van der Waals surface area (Å²) in [6.45, 7) is 3.39. The minimum atomic E-state index is -0.718. The second-order valence-electron chi connectivity index (χ2n) is 6.30. The van der Waals surface area contributed by atoms with Gasteiger partial charge in [0.15, 0.2) is 0 Å². The number of benzene rings is 2. The van der Waals surface area contributed by atoms with Crippen LogP contribution in [0.15, 0.2) is 67.0 Å². The first-order chi connectivity index (χ1) is 14.2. The topological polar surface area (TPSA) is 85.2 Å². The number of hydrogen-bond acceptors (Lipinski definition) is 4. The lowest BCUT2D eigenvalue weighted by atomic mass is 10.2. The molecule has 3 rings (SSSR count). The molecule has 0 atom stereocenters. The summed E-state index contributed by atoms with van der Waals surface area (Å²) in [6, 6.07) is 16.9. The van der Waals surface area contributed by atoms with Crippen LogP contribution >= 0.6 is 0 Å². The summed E-state index contributed by atoms with van der Waals surface area (Å²) in [5.74, 6) is 0.0156. The second kappa shape index (κ2) is 10.1. The van der Waals surface area contributed by atoms with Crippen LogP contribution in [0.5, 0.6) is 5.75 Å². The van der Waals surface area contributed by atoms with Crippen molar-refractivity contribution in [2.24, 2.45) is 0 Å². The Morgan fingerprint density at radius 1 is 1.03 bits per heavy atom. The van der Waals surface area contributed by atoms with Gasteiger partial charge in [0, 0.05) is 31.0 Å². The number of aryl methyl sites for hydroxylation is 1. The van der Waals surface area contributed by atoms with Gasteiger partial charge in [-0.1, -0.05) is 42.5 Å². The zero-order valence-corrected chi connectivity index (χ0v) is 16.3. The number of nitrogens with zero attached hydrogens (tertiary/aromatic N) is 2. The van der Waals surface area contributed by atoms with E-state index in [0.717, 1.165) is 11.4 Å². The van der Waals surface area contributed by atoms with Gasteiger partial charge in [0.05, 0.1) is 12.3 Å². The van der Waals surface area contributed by atoms with Crippen LogP contribution in [-0.4, -0.2) is 34.5 Å². The summed E-state index contributed by atoms with van der Waals surface area (Å²) in [7, 11) is 0. The summed E-state index contributed by atoms with van der Waals surface area (Å²) in [4.78, 5) is 28.6. The minimum absolute atomic E-state index is 0.381. The lowest BCUT2D eigenvalue weighted by Gasteiger charge is -2.11. The van der Waals surface area contributed by atoms with Gasteiger partial charge >= 0.3 is 11.8 Å². The molecular weight excluding hydrogens is 368 g/mol. The molecule has 0 aliphatic heterocycles. The van der Waals surface area contributed by atoms with E-state index in [1.54, 1.807) is 30.5 Å². The number of carbonyl (C=O) groups is 2. The first-order valence-corrected chi connectivity index (χ1v) is 9.56. The molecule has 0 aliphatic carbocycles. The molecule has 0 saturated heterocycles. The lowest BCUT2D eigenvalue weighted by molar-refractivity contribution is -0.136. The molecule has 29 heavy (non-hydrogen) atoms. The van der Waals surface area contributed by atoms with Crippen LogP contribution in [0.2, 0.25) is 0 Å². The van der Waals surface area contributed by atoms with Crippen LogP contribution in [0, 0.1) is 0 Å². The largest absolute Gasteiger partial charge is 0.492 e. The lowest BCUT2D eigenvalue weighted by Crippen LogP contribution is -2.36. The summed E-state index contributed by atoms with van der Waals surface area (Å²) in [5.41, 5.74) is 1.51. The summed E-state index contributed by atoms with van der Waals surface area (Å²) in [6.07, 6.45) is 4.33. The monoisotopic (exact) mass is 392 g/mol. The number of ether oxygens (including phenoxy) is 1. The quantitative estimate of drug-likeness (QED) is 0.456. The van der Waals surface area contributed by atoms with Crippen LogP contribution < -0.4 is 15.4 Å². The smallest absolute Gasteiger partial charge is 0.313 e. The highest BCUT2D eigenvalue weighted by atomic mass is 16.5. The molecular formula is C22H24N4O3. The number of anilines is 1. The molecule has 1 aromatic heterocycles. The minimum Gasteiger partial charge on any atom is -0.492 e. The van der Waals surface area contributed by atoms with Gasteiger partial charge in [-0.25, -0.2) is 4.98 Å². The van der Waals surface area contributed by atoms with E-state index in [1.165, 1.54) is 0 Å². The number of rotatable bonds is 8. The van der Waals surface area contributed by atoms with Gasteiger partial charge in [-0.15, -0.1) is 0 Å². The Morgan fingerprint density at radius 2 is 1.79 bits per heavy atom. The first-order valence-electron chi connectivity index (χ1n) is 9.56. The third kappa shape index (κ3) is 5.44. The molecule has 3 aromatic rings. The molecule has 0 fully saturated rings. The molecule has 7 nitrogen and oxygen atoms in total. The maximum atomic E-state index is 12.1. The first kappa shape index (κ1) is 20.1. The summed E-state index contributed by atoms with van der Waals surface area (Å²) >= 11 is 0. The molecule has 2 aromatic carbocycles. The van der Waals surface area contributed by atoms with E-state index in [2.05, 4.69) is 15.6 Å². The SMILES string of the molecule is CCOc1ccccc1NC(=O)C(=O)NCCCn1ccnc1-c1ccccc1. The maximum absolute atomic E-state index is 12.1. The van der Waals surface area contributed by atoms with E-state index < -0.39 is 11.8 Å². The van der Waals surface area contributed by atoms with Crippen molar-refractivity contribution in [2.45, 2.75) is 19.9 Å². The van der Waals surface area contributed by atoms with E-state index >= 15 is 0 Å². The molecule has 0 spiro atoms. The number of aromatic nitrogens is 2. The van der Waals surface area contributed by atoms with E-state index in [1.807, 2.05) is 48.0 Å². The van der Waals surface area contributed by atoms with Crippen LogP contribution in [0.4, 0.5) is 5.69 Å². The van der Waals surface area contributed by atoms with Gasteiger partial charge in [0.25, 0.3) is 0 Å². The van der Waals surface area contributed by atoms with Crippen molar-refractivity contribution in [2.75, 3.05) is 18.5 Å². The second-order valence-corrected chi connectivity index (χ2v) is 6.30. The molecule has 0 bridgehead atoms. The number of carbonyl (C=O) groups excluding carboxylic acids is 2. The van der Waals surface area contributed by atoms with Crippen LogP contribution in [0.25, 0.3) is 11.4 Å². The molecule has 1 heterocycles. The van der Waals surface area contributed by atoms with E-state index in [0.29, 0.717) is 37.6 Å². The van der Waals surface area contributed by atoms with Crippen molar-refractivity contribution >= 4 is 17.5 Å². The van der Waals surface area contributed by atoms with Crippen molar-refractivity contribution in [3.63, 3.8) is 0 Å². The van der Waals surface area contributed by atoms with Crippen LogP contribution in [0.3, 0.4) is 0 Å². The highest BCUT2D eigenvalue weighted by Gasteiger charge is 2.15. The molecule has 7 heteroatoms. The van der Waals surface area contributed by atoms with E-state index in [-0.39, 0.29) is 0 Å². The Labute approximate surface area is 169 Å². The van der Waals surface area contributed by atoms with Gasteiger partial charge in [-0.2, -0.15) is 0 Å². The van der Waals surface area contributed by atoms with E-state index in [9.17, 15) is 9.59 Å².